The van der Waals surface area contributed by atoms with Crippen molar-refractivity contribution < 1.29 is 9.66 Å². The molecule has 1 aliphatic rings. The lowest BCUT2D eigenvalue weighted by Crippen LogP contribution is -2.48. The number of hydrogen-bond acceptors (Lipinski definition) is 6. The van der Waals surface area contributed by atoms with Gasteiger partial charge in [-0.2, -0.15) is 0 Å². The maximum atomic E-state index is 11.1. The third-order valence-electron chi connectivity index (χ3n) is 3.37. The minimum atomic E-state index is -0.694. The van der Waals surface area contributed by atoms with Crippen molar-refractivity contribution in [3.63, 3.8) is 0 Å². The highest BCUT2D eigenvalue weighted by Gasteiger charge is 2.30. The van der Waals surface area contributed by atoms with E-state index >= 15 is 0 Å². The molecule has 1 aliphatic carbocycles. The first-order valence-corrected chi connectivity index (χ1v) is 10.5. The molecule has 6 nitrogen and oxygen atoms in total. The number of nitrogen functional groups attached to an aromatic ring is 1. The van der Waals surface area contributed by atoms with Gasteiger partial charge in [-0.25, -0.2) is 0 Å². The number of hydrogen-bond donors (Lipinski definition) is 2. The van der Waals surface area contributed by atoms with E-state index in [0.29, 0.717) is 11.3 Å². The molecule has 0 saturated heterocycles. The number of allylic oxidation sites excluding steroid dienone is 2. The van der Waals surface area contributed by atoms with Gasteiger partial charge in [0.1, 0.15) is 0 Å². The molecule has 0 radical (unpaired) electrons. The van der Waals surface area contributed by atoms with Gasteiger partial charge < -0.3 is 16.2 Å². The normalized spacial score (nSPS) is 24.1. The van der Waals surface area contributed by atoms with Crippen LogP contribution in [0.5, 0.6) is 0 Å². The fourth-order valence-corrected chi connectivity index (χ4v) is 3.99. The van der Waals surface area contributed by atoms with Crippen molar-refractivity contribution in [1.82, 2.24) is 0 Å². The molecule has 0 amide bonds. The summed E-state index contributed by atoms with van der Waals surface area (Å²) in [5, 5.41) is 11.1. The zero-order chi connectivity index (χ0) is 16.3. The maximum absolute atomic E-state index is 11.1. The van der Waals surface area contributed by atoms with E-state index in [1.165, 1.54) is 6.07 Å². The second-order valence-corrected chi connectivity index (χ2v) is 7.89. The Morgan fingerprint density at radius 2 is 2.27 bits per heavy atom. The first-order chi connectivity index (χ1) is 10.3. The summed E-state index contributed by atoms with van der Waals surface area (Å²) in [5.41, 5.74) is 12.0. The van der Waals surface area contributed by atoms with Crippen molar-refractivity contribution in [2.75, 3.05) is 5.73 Å². The summed E-state index contributed by atoms with van der Waals surface area (Å²) in [6.45, 7) is 1.87. The largest absolute Gasteiger partial charge is 0.398 e. The lowest BCUT2D eigenvalue weighted by atomic mass is 9.91. The van der Waals surface area contributed by atoms with E-state index in [1.54, 1.807) is 12.1 Å². The molecule has 1 aromatic carbocycles. The average Bonchev–Trinajstić information content (AvgIpc) is 2.45. The lowest BCUT2D eigenvalue weighted by Gasteiger charge is -2.32. The quantitative estimate of drug-likeness (QED) is 0.320. The fourth-order valence-electron chi connectivity index (χ4n) is 2.19. The SMILES string of the molecule is CC1(N)C=C(I=S)C=CC1OCc1c(N)cccc1[N+](=O)[O-]. The zero-order valence-electron chi connectivity index (χ0n) is 11.9. The molecule has 1 aromatic rings. The van der Waals surface area contributed by atoms with Crippen LogP contribution in [0.2, 0.25) is 0 Å². The second-order valence-electron chi connectivity index (χ2n) is 5.17. The lowest BCUT2D eigenvalue weighted by molar-refractivity contribution is -0.385. The van der Waals surface area contributed by atoms with Crippen LogP contribution < -0.4 is 11.5 Å². The van der Waals surface area contributed by atoms with Gasteiger partial charge in [0.25, 0.3) is 5.69 Å². The van der Waals surface area contributed by atoms with E-state index in [-0.39, 0.29) is 18.4 Å². The molecule has 118 valence electrons. The van der Waals surface area contributed by atoms with Gasteiger partial charge >= 0.3 is 0 Å². The Balaban J connectivity index is 2.18. The summed E-state index contributed by atoms with van der Waals surface area (Å²) < 4.78 is 6.86. The van der Waals surface area contributed by atoms with Crippen molar-refractivity contribution >= 4 is 39.9 Å². The summed E-state index contributed by atoms with van der Waals surface area (Å²) in [6, 6.07) is 4.57. The number of nitro groups is 1. The molecule has 0 bridgehead atoms. The van der Waals surface area contributed by atoms with Crippen LogP contribution in [-0.2, 0) is 11.3 Å². The Hall–Kier alpha value is -1.23. The Bertz CT molecular complexity index is 673. The molecule has 22 heavy (non-hydrogen) atoms. The molecule has 0 heterocycles. The van der Waals surface area contributed by atoms with Gasteiger partial charge in [-0.1, -0.05) is 18.2 Å². The second kappa shape index (κ2) is 6.90. The van der Waals surface area contributed by atoms with Gasteiger partial charge in [0.05, 0.1) is 28.7 Å². The maximum Gasteiger partial charge on any atom is 0.276 e. The van der Waals surface area contributed by atoms with Gasteiger partial charge in [0.15, 0.2) is 0 Å². The smallest absolute Gasteiger partial charge is 0.276 e. The summed E-state index contributed by atoms with van der Waals surface area (Å²) in [7, 11) is 5.12. The van der Waals surface area contributed by atoms with Crippen molar-refractivity contribution in [1.29, 1.82) is 0 Å². The third kappa shape index (κ3) is 3.75. The molecule has 4 N–H and O–H groups in total. The molecule has 0 saturated carbocycles. The van der Waals surface area contributed by atoms with Crippen LogP contribution >= 0.6 is 28.5 Å². The molecule has 8 heteroatoms. The van der Waals surface area contributed by atoms with Crippen molar-refractivity contribution in [2.45, 2.75) is 25.2 Å². The number of ether oxygens (including phenoxy) is 1. The van der Waals surface area contributed by atoms with Crippen LogP contribution in [0.1, 0.15) is 12.5 Å². The zero-order valence-corrected chi connectivity index (χ0v) is 14.8. The van der Waals surface area contributed by atoms with Gasteiger partial charge in [-0.05, 0) is 47.6 Å². The van der Waals surface area contributed by atoms with Crippen LogP contribution in [0.4, 0.5) is 11.4 Å². The van der Waals surface area contributed by atoms with E-state index in [0.717, 1.165) is 3.58 Å². The summed E-state index contributed by atoms with van der Waals surface area (Å²) >= 11 is -0.454. The highest BCUT2D eigenvalue weighted by molar-refractivity contribution is 14.2. The van der Waals surface area contributed by atoms with E-state index in [4.69, 9.17) is 25.5 Å². The summed E-state index contributed by atoms with van der Waals surface area (Å²) in [5.74, 6) is 0. The molecule has 0 spiro atoms. The number of nitrogens with two attached hydrogens (primary N) is 2. The van der Waals surface area contributed by atoms with Gasteiger partial charge in [-0.15, -0.1) is 0 Å². The van der Waals surface area contributed by atoms with E-state index in [9.17, 15) is 10.1 Å². The molecule has 0 aromatic heterocycles. The first kappa shape index (κ1) is 17.1. The Labute approximate surface area is 141 Å². The predicted octanol–water partition coefficient (Wildman–Crippen LogP) is 3.32. The molecular formula is C14H16IN3O3S. The number of benzene rings is 1. The predicted molar refractivity (Wildman–Crippen MR) is 97.5 cm³/mol. The molecule has 0 fully saturated rings. The number of nitro benzene ring substituents is 1. The van der Waals surface area contributed by atoms with Crippen LogP contribution in [-0.4, -0.2) is 16.6 Å². The van der Waals surface area contributed by atoms with Gasteiger partial charge in [0.2, 0.25) is 0 Å². The van der Waals surface area contributed by atoms with Crippen LogP contribution in [0.25, 0.3) is 0 Å². The van der Waals surface area contributed by atoms with E-state index < -0.39 is 29.7 Å². The van der Waals surface area contributed by atoms with Crippen LogP contribution in [0, 0.1) is 10.1 Å². The highest BCUT2D eigenvalue weighted by Crippen LogP contribution is 2.31. The van der Waals surface area contributed by atoms with Crippen molar-refractivity contribution in [2.24, 2.45) is 5.73 Å². The number of nitrogens with zero attached hydrogens (tertiary/aromatic N) is 1. The topological polar surface area (TPSA) is 104 Å². The number of halogens is 1. The average molecular weight is 433 g/mol. The fraction of sp³-hybridized carbons (Fsp3) is 0.286. The molecule has 2 unspecified atom stereocenters. The van der Waals surface area contributed by atoms with Crippen LogP contribution in [0.15, 0.2) is 40.0 Å². The van der Waals surface area contributed by atoms with Crippen LogP contribution in [0.3, 0.4) is 0 Å². The van der Waals surface area contributed by atoms with Crippen molar-refractivity contribution in [3.8, 4) is 0 Å². The number of anilines is 1. The summed E-state index contributed by atoms with van der Waals surface area (Å²) in [4.78, 5) is 10.6. The Kier molecular flexibility index (Phi) is 5.37. The van der Waals surface area contributed by atoms with E-state index in [2.05, 4.69) is 0 Å². The Morgan fingerprint density at radius 3 is 2.86 bits per heavy atom. The molecule has 2 rings (SSSR count). The van der Waals surface area contributed by atoms with Crippen molar-refractivity contribution in [3.05, 3.63) is 55.7 Å². The summed E-state index contributed by atoms with van der Waals surface area (Å²) in [6.07, 6.45) is 5.30. The minimum Gasteiger partial charge on any atom is -0.398 e. The van der Waals surface area contributed by atoms with Gasteiger partial charge in [-0.3, -0.25) is 10.1 Å². The molecule has 0 aliphatic heterocycles. The third-order valence-corrected chi connectivity index (χ3v) is 5.75. The molecular weight excluding hydrogens is 417 g/mol. The molecule has 2 atom stereocenters. The number of rotatable bonds is 5. The standard InChI is InChI=1S/C14H16IN3O3S/c1-14(17)7-9(15-22)5-6-13(14)21-8-10-11(16)3-2-4-12(10)18(19)20/h2-7,13H,8,16-17H2,1H3. The monoisotopic (exact) mass is 433 g/mol. The van der Waals surface area contributed by atoms with E-state index in [1.807, 2.05) is 25.2 Å². The minimum absolute atomic E-state index is 0.0247. The first-order valence-electron chi connectivity index (χ1n) is 6.45. The highest BCUT2D eigenvalue weighted by atomic mass is 127. The van der Waals surface area contributed by atoms with Gasteiger partial charge in [0, 0.05) is 15.3 Å². The Morgan fingerprint density at radius 1 is 1.55 bits per heavy atom.